The average molecular weight is 305 g/mol. The maximum atomic E-state index is 9.45. The highest BCUT2D eigenvalue weighted by molar-refractivity contribution is 5.28. The van der Waals surface area contributed by atoms with Crippen molar-refractivity contribution in [2.45, 2.75) is 96.8 Å². The summed E-state index contributed by atoms with van der Waals surface area (Å²) in [4.78, 5) is 0. The van der Waals surface area contributed by atoms with Gasteiger partial charge in [0.05, 0.1) is 0 Å². The molecule has 1 atom stereocenters. The number of rotatable bonds is 13. The van der Waals surface area contributed by atoms with Crippen molar-refractivity contribution in [3.8, 4) is 5.75 Å². The number of phenolic OH excluding ortho intramolecular Hbond substituents is 1. The molecule has 0 aliphatic heterocycles. The van der Waals surface area contributed by atoms with E-state index in [1.807, 2.05) is 12.1 Å². The van der Waals surface area contributed by atoms with Crippen LogP contribution in [0.3, 0.4) is 0 Å². The number of hydrogen-bond donors (Lipinski definition) is 1. The molecule has 0 amide bonds. The third-order valence-corrected chi connectivity index (χ3v) is 4.68. The van der Waals surface area contributed by atoms with E-state index in [1.165, 1.54) is 82.6 Å². The number of phenols is 1. The largest absolute Gasteiger partial charge is 0.508 e. The van der Waals surface area contributed by atoms with Crippen molar-refractivity contribution >= 4 is 0 Å². The SMILES string of the molecule is CCCCCCCCCCC(CCCC)c1ccc(O)cc1. The third-order valence-electron chi connectivity index (χ3n) is 4.68. The first-order valence-electron chi connectivity index (χ1n) is 9.56. The second kappa shape index (κ2) is 12.6. The Balaban J connectivity index is 2.25. The van der Waals surface area contributed by atoms with E-state index in [-0.39, 0.29) is 0 Å². The smallest absolute Gasteiger partial charge is 0.115 e. The highest BCUT2D eigenvalue weighted by atomic mass is 16.3. The molecule has 126 valence electrons. The van der Waals surface area contributed by atoms with Crippen LogP contribution in [-0.4, -0.2) is 5.11 Å². The van der Waals surface area contributed by atoms with Crippen LogP contribution >= 0.6 is 0 Å². The number of hydrogen-bond acceptors (Lipinski definition) is 1. The zero-order valence-electron chi connectivity index (χ0n) is 14.8. The molecular formula is C21H36O. The van der Waals surface area contributed by atoms with Gasteiger partial charge in [-0.3, -0.25) is 0 Å². The van der Waals surface area contributed by atoms with Gasteiger partial charge in [0, 0.05) is 0 Å². The normalized spacial score (nSPS) is 12.5. The van der Waals surface area contributed by atoms with E-state index in [1.54, 1.807) is 0 Å². The molecule has 0 aliphatic rings. The summed E-state index contributed by atoms with van der Waals surface area (Å²) in [6.45, 7) is 4.55. The Morgan fingerprint density at radius 2 is 1.18 bits per heavy atom. The zero-order chi connectivity index (χ0) is 16.0. The Bertz CT molecular complexity index is 355. The minimum Gasteiger partial charge on any atom is -0.508 e. The van der Waals surface area contributed by atoms with Crippen LogP contribution in [0.4, 0.5) is 0 Å². The van der Waals surface area contributed by atoms with Crippen LogP contribution in [0.1, 0.15) is 102 Å². The van der Waals surface area contributed by atoms with Crippen molar-refractivity contribution in [3.63, 3.8) is 0 Å². The first kappa shape index (κ1) is 19.1. The molecule has 0 bridgehead atoms. The van der Waals surface area contributed by atoms with E-state index in [0.717, 1.165) is 0 Å². The molecule has 0 fully saturated rings. The zero-order valence-corrected chi connectivity index (χ0v) is 14.8. The second-order valence-corrected chi connectivity index (χ2v) is 6.69. The van der Waals surface area contributed by atoms with Crippen molar-refractivity contribution in [3.05, 3.63) is 29.8 Å². The fourth-order valence-corrected chi connectivity index (χ4v) is 3.20. The summed E-state index contributed by atoms with van der Waals surface area (Å²) in [5.74, 6) is 1.06. The van der Waals surface area contributed by atoms with Gasteiger partial charge >= 0.3 is 0 Å². The Labute approximate surface area is 138 Å². The summed E-state index contributed by atoms with van der Waals surface area (Å²) in [7, 11) is 0. The van der Waals surface area contributed by atoms with Crippen LogP contribution in [0.2, 0.25) is 0 Å². The molecule has 0 heterocycles. The topological polar surface area (TPSA) is 20.2 Å². The lowest BCUT2D eigenvalue weighted by molar-refractivity contribution is 0.472. The third kappa shape index (κ3) is 8.46. The molecule has 0 spiro atoms. The van der Waals surface area contributed by atoms with Gasteiger partial charge in [0.1, 0.15) is 5.75 Å². The molecule has 0 saturated heterocycles. The molecule has 1 rings (SSSR count). The van der Waals surface area contributed by atoms with Crippen molar-refractivity contribution in [1.82, 2.24) is 0 Å². The molecule has 0 radical (unpaired) electrons. The first-order valence-corrected chi connectivity index (χ1v) is 9.56. The molecule has 0 aliphatic carbocycles. The minimum absolute atomic E-state index is 0.380. The van der Waals surface area contributed by atoms with E-state index >= 15 is 0 Å². The van der Waals surface area contributed by atoms with Gasteiger partial charge < -0.3 is 5.11 Å². The minimum atomic E-state index is 0.380. The molecule has 0 aromatic heterocycles. The fourth-order valence-electron chi connectivity index (χ4n) is 3.20. The van der Waals surface area contributed by atoms with Crippen LogP contribution in [0.15, 0.2) is 24.3 Å². The maximum absolute atomic E-state index is 9.45. The predicted molar refractivity (Wildman–Crippen MR) is 97.6 cm³/mol. The lowest BCUT2D eigenvalue weighted by Gasteiger charge is -2.17. The van der Waals surface area contributed by atoms with Crippen LogP contribution in [0.5, 0.6) is 5.75 Å². The van der Waals surface area contributed by atoms with Gasteiger partial charge in [-0.2, -0.15) is 0 Å². The fraction of sp³-hybridized carbons (Fsp3) is 0.714. The molecular weight excluding hydrogens is 268 g/mol. The van der Waals surface area contributed by atoms with Gasteiger partial charge in [-0.1, -0.05) is 90.2 Å². The lowest BCUT2D eigenvalue weighted by atomic mass is 9.88. The lowest BCUT2D eigenvalue weighted by Crippen LogP contribution is -1.99. The molecule has 1 N–H and O–H groups in total. The van der Waals surface area contributed by atoms with Crippen molar-refractivity contribution < 1.29 is 5.11 Å². The quantitative estimate of drug-likeness (QED) is 0.382. The Morgan fingerprint density at radius 3 is 1.77 bits per heavy atom. The summed E-state index contributed by atoms with van der Waals surface area (Å²) < 4.78 is 0. The highest BCUT2D eigenvalue weighted by Crippen LogP contribution is 2.29. The second-order valence-electron chi connectivity index (χ2n) is 6.69. The summed E-state index contributed by atoms with van der Waals surface area (Å²) in [6, 6.07) is 7.89. The number of unbranched alkanes of at least 4 members (excludes halogenated alkanes) is 8. The molecule has 1 nitrogen and oxygen atoms in total. The highest BCUT2D eigenvalue weighted by Gasteiger charge is 2.10. The van der Waals surface area contributed by atoms with Gasteiger partial charge in [-0.25, -0.2) is 0 Å². The summed E-state index contributed by atoms with van der Waals surface area (Å²) in [5, 5.41) is 9.45. The Hall–Kier alpha value is -0.980. The van der Waals surface area contributed by atoms with Crippen LogP contribution in [0, 0.1) is 0 Å². The Kier molecular flexibility index (Phi) is 10.9. The van der Waals surface area contributed by atoms with Crippen molar-refractivity contribution in [2.24, 2.45) is 0 Å². The predicted octanol–water partition coefficient (Wildman–Crippen LogP) is 7.20. The van der Waals surface area contributed by atoms with E-state index in [0.29, 0.717) is 11.7 Å². The van der Waals surface area contributed by atoms with Crippen LogP contribution in [-0.2, 0) is 0 Å². The number of aromatic hydroxyl groups is 1. The summed E-state index contributed by atoms with van der Waals surface area (Å²) in [6.07, 6.45) is 16.3. The average Bonchev–Trinajstić information content (AvgIpc) is 2.54. The molecule has 0 saturated carbocycles. The summed E-state index contributed by atoms with van der Waals surface area (Å²) in [5.41, 5.74) is 1.41. The molecule has 1 heteroatoms. The van der Waals surface area contributed by atoms with Gasteiger partial charge in [-0.05, 0) is 36.5 Å². The summed E-state index contributed by atoms with van der Waals surface area (Å²) >= 11 is 0. The monoisotopic (exact) mass is 304 g/mol. The van der Waals surface area contributed by atoms with E-state index in [9.17, 15) is 5.11 Å². The van der Waals surface area contributed by atoms with Gasteiger partial charge in [0.15, 0.2) is 0 Å². The van der Waals surface area contributed by atoms with Crippen molar-refractivity contribution in [2.75, 3.05) is 0 Å². The Morgan fingerprint density at radius 1 is 0.682 bits per heavy atom. The standard InChI is InChI=1S/C21H36O/c1-3-5-7-8-9-10-11-12-14-19(13-6-4-2)20-15-17-21(22)18-16-20/h15-19,22H,3-14H2,1-2H3. The van der Waals surface area contributed by atoms with Gasteiger partial charge in [0.25, 0.3) is 0 Å². The first-order chi connectivity index (χ1) is 10.8. The number of benzene rings is 1. The van der Waals surface area contributed by atoms with Gasteiger partial charge in [-0.15, -0.1) is 0 Å². The van der Waals surface area contributed by atoms with E-state index in [2.05, 4.69) is 26.0 Å². The molecule has 1 aromatic rings. The van der Waals surface area contributed by atoms with E-state index < -0.39 is 0 Å². The van der Waals surface area contributed by atoms with E-state index in [4.69, 9.17) is 0 Å². The maximum Gasteiger partial charge on any atom is 0.115 e. The van der Waals surface area contributed by atoms with Crippen LogP contribution < -0.4 is 0 Å². The molecule has 22 heavy (non-hydrogen) atoms. The van der Waals surface area contributed by atoms with Gasteiger partial charge in [0.2, 0.25) is 0 Å². The molecule has 1 unspecified atom stereocenters. The van der Waals surface area contributed by atoms with Crippen molar-refractivity contribution in [1.29, 1.82) is 0 Å². The van der Waals surface area contributed by atoms with Crippen LogP contribution in [0.25, 0.3) is 0 Å². The molecule has 1 aromatic carbocycles.